The molecule has 4 rings (SSSR count). The molecule has 156 valence electrons. The monoisotopic (exact) mass is 389 g/mol. The highest BCUT2D eigenvalue weighted by atomic mass is 16.5. The van der Waals surface area contributed by atoms with E-state index in [0.717, 1.165) is 90.4 Å². The number of hydrogen-bond acceptors (Lipinski definition) is 5. The van der Waals surface area contributed by atoms with Crippen molar-refractivity contribution < 1.29 is 9.53 Å². The van der Waals surface area contributed by atoms with Gasteiger partial charge in [-0.2, -0.15) is 5.10 Å². The Morgan fingerprint density at radius 2 is 2.00 bits per heavy atom. The molecular formula is C21H35N5O2. The van der Waals surface area contributed by atoms with Gasteiger partial charge in [0.25, 0.3) is 0 Å². The molecule has 2 saturated heterocycles. The van der Waals surface area contributed by atoms with E-state index in [4.69, 9.17) is 4.74 Å². The number of nitrogens with zero attached hydrogens (tertiary/aromatic N) is 5. The lowest BCUT2D eigenvalue weighted by Crippen LogP contribution is -2.53. The molecule has 1 amide bonds. The minimum absolute atomic E-state index is 0.292. The van der Waals surface area contributed by atoms with Gasteiger partial charge in [0.05, 0.1) is 18.9 Å². The highest BCUT2D eigenvalue weighted by molar-refractivity contribution is 5.81. The molecule has 0 spiro atoms. The lowest BCUT2D eigenvalue weighted by Gasteiger charge is -2.40. The Labute approximate surface area is 168 Å². The number of piperidine rings is 1. The predicted octanol–water partition coefficient (Wildman–Crippen LogP) is 1.26. The number of amides is 1. The predicted molar refractivity (Wildman–Crippen MR) is 108 cm³/mol. The summed E-state index contributed by atoms with van der Waals surface area (Å²) in [5, 5.41) is 4.48. The van der Waals surface area contributed by atoms with Crippen molar-refractivity contribution in [1.29, 1.82) is 0 Å². The molecule has 7 nitrogen and oxygen atoms in total. The van der Waals surface area contributed by atoms with Crippen molar-refractivity contribution in [3.05, 3.63) is 17.5 Å². The van der Waals surface area contributed by atoms with Crippen molar-refractivity contribution in [1.82, 2.24) is 24.5 Å². The van der Waals surface area contributed by atoms with Crippen molar-refractivity contribution >= 4 is 5.91 Å². The summed E-state index contributed by atoms with van der Waals surface area (Å²) in [6, 6.07) is 0.347. The topological polar surface area (TPSA) is 53.8 Å². The normalized spacial score (nSPS) is 24.4. The number of aromatic nitrogens is 2. The summed E-state index contributed by atoms with van der Waals surface area (Å²) in [6.45, 7) is 10.6. The van der Waals surface area contributed by atoms with Crippen molar-refractivity contribution in [3.8, 4) is 0 Å². The number of hydrogen-bond donors (Lipinski definition) is 0. The summed E-state index contributed by atoms with van der Waals surface area (Å²) in [5.74, 6) is 0.693. The van der Waals surface area contributed by atoms with E-state index < -0.39 is 0 Å². The third-order valence-electron chi connectivity index (χ3n) is 6.40. The van der Waals surface area contributed by atoms with Crippen LogP contribution in [0.3, 0.4) is 0 Å². The van der Waals surface area contributed by atoms with Gasteiger partial charge in [0.1, 0.15) is 0 Å². The Balaban J connectivity index is 1.38. The second-order valence-electron chi connectivity index (χ2n) is 8.70. The second kappa shape index (κ2) is 8.93. The maximum absolute atomic E-state index is 13.1. The lowest BCUT2D eigenvalue weighted by molar-refractivity contribution is -0.136. The molecule has 28 heavy (non-hydrogen) atoms. The maximum atomic E-state index is 13.1. The van der Waals surface area contributed by atoms with Crippen LogP contribution in [0.15, 0.2) is 6.20 Å². The average molecular weight is 390 g/mol. The molecule has 0 bridgehead atoms. The Morgan fingerprint density at radius 1 is 1.21 bits per heavy atom. The number of aryl methyl sites for hydroxylation is 2. The molecule has 1 aliphatic carbocycles. The zero-order valence-electron chi connectivity index (χ0n) is 17.5. The largest absolute Gasteiger partial charge is 0.379 e. The molecule has 1 saturated carbocycles. The van der Waals surface area contributed by atoms with Gasteiger partial charge >= 0.3 is 0 Å². The standard InChI is InChI=1S/C21H35N5O2/c1-17-19(14-23(2)22-17)15-25-7-3-4-20(16-25)26(21(27)18-5-6-18)9-8-24-10-12-28-13-11-24/h14,18,20H,3-13,15-16H2,1-2H3. The number of ether oxygens (including phenoxy) is 1. The molecule has 1 aromatic heterocycles. The number of carbonyl (C=O) groups is 1. The Hall–Kier alpha value is -1.44. The van der Waals surface area contributed by atoms with Crippen LogP contribution in [0, 0.1) is 12.8 Å². The van der Waals surface area contributed by atoms with Gasteiger partial charge in [-0.3, -0.25) is 19.3 Å². The summed E-state index contributed by atoms with van der Waals surface area (Å²) < 4.78 is 7.36. The Bertz CT molecular complexity index is 666. The zero-order valence-corrected chi connectivity index (χ0v) is 17.5. The molecule has 0 radical (unpaired) electrons. The van der Waals surface area contributed by atoms with Crippen molar-refractivity contribution in [2.24, 2.45) is 13.0 Å². The van der Waals surface area contributed by atoms with Gasteiger partial charge in [-0.25, -0.2) is 0 Å². The molecule has 0 aromatic carbocycles. The van der Waals surface area contributed by atoms with Crippen LogP contribution in [0.5, 0.6) is 0 Å². The number of morpholine rings is 1. The zero-order chi connectivity index (χ0) is 19.5. The van der Waals surface area contributed by atoms with E-state index in [0.29, 0.717) is 17.9 Å². The van der Waals surface area contributed by atoms with Gasteiger partial charge in [-0.05, 0) is 39.2 Å². The van der Waals surface area contributed by atoms with Crippen LogP contribution in [0.1, 0.15) is 36.9 Å². The molecule has 3 aliphatic rings. The van der Waals surface area contributed by atoms with Gasteiger partial charge < -0.3 is 9.64 Å². The number of rotatable bonds is 7. The molecule has 3 heterocycles. The highest BCUT2D eigenvalue weighted by Gasteiger charge is 2.37. The van der Waals surface area contributed by atoms with E-state index >= 15 is 0 Å². The van der Waals surface area contributed by atoms with Crippen molar-refractivity contribution in [2.45, 2.75) is 45.2 Å². The lowest BCUT2D eigenvalue weighted by atomic mass is 10.0. The average Bonchev–Trinajstić information content (AvgIpc) is 3.49. The number of carbonyl (C=O) groups excluding carboxylic acids is 1. The summed E-state index contributed by atoms with van der Waals surface area (Å²) in [6.07, 6.45) is 6.58. The fourth-order valence-electron chi connectivity index (χ4n) is 4.59. The minimum Gasteiger partial charge on any atom is -0.379 e. The van der Waals surface area contributed by atoms with Gasteiger partial charge in [0.2, 0.25) is 5.91 Å². The third kappa shape index (κ3) is 4.93. The van der Waals surface area contributed by atoms with E-state index in [1.165, 1.54) is 5.56 Å². The first-order valence-electron chi connectivity index (χ1n) is 10.9. The van der Waals surface area contributed by atoms with Crippen LogP contribution in [0.25, 0.3) is 0 Å². The molecule has 1 unspecified atom stereocenters. The first-order chi connectivity index (χ1) is 13.6. The fourth-order valence-corrected chi connectivity index (χ4v) is 4.59. The van der Waals surface area contributed by atoms with E-state index in [1.807, 2.05) is 11.7 Å². The van der Waals surface area contributed by atoms with Gasteiger partial charge in [0.15, 0.2) is 0 Å². The summed E-state index contributed by atoms with van der Waals surface area (Å²) in [7, 11) is 1.98. The minimum atomic E-state index is 0.292. The van der Waals surface area contributed by atoms with Crippen LogP contribution in [-0.2, 0) is 23.1 Å². The van der Waals surface area contributed by atoms with Crippen LogP contribution < -0.4 is 0 Å². The van der Waals surface area contributed by atoms with E-state index in [9.17, 15) is 4.79 Å². The molecule has 7 heteroatoms. The highest BCUT2D eigenvalue weighted by Crippen LogP contribution is 2.32. The molecule has 2 aliphatic heterocycles. The van der Waals surface area contributed by atoms with Gasteiger partial charge in [-0.15, -0.1) is 0 Å². The van der Waals surface area contributed by atoms with E-state index in [2.05, 4.69) is 32.9 Å². The van der Waals surface area contributed by atoms with Crippen LogP contribution >= 0.6 is 0 Å². The van der Waals surface area contributed by atoms with Gasteiger partial charge in [0, 0.05) is 70.0 Å². The van der Waals surface area contributed by atoms with Crippen molar-refractivity contribution in [3.63, 3.8) is 0 Å². The molecule has 3 fully saturated rings. The fraction of sp³-hybridized carbons (Fsp3) is 0.810. The van der Waals surface area contributed by atoms with E-state index in [1.54, 1.807) is 0 Å². The SMILES string of the molecule is Cc1nn(C)cc1CN1CCCC(N(CCN2CCOCC2)C(=O)C2CC2)C1. The summed E-state index contributed by atoms with van der Waals surface area (Å²) >= 11 is 0. The molecular weight excluding hydrogens is 354 g/mol. The van der Waals surface area contributed by atoms with Gasteiger partial charge in [-0.1, -0.05) is 0 Å². The van der Waals surface area contributed by atoms with Crippen molar-refractivity contribution in [2.75, 3.05) is 52.5 Å². The Morgan fingerprint density at radius 3 is 2.68 bits per heavy atom. The molecule has 1 atom stereocenters. The summed E-state index contributed by atoms with van der Waals surface area (Å²) in [5.41, 5.74) is 2.42. The number of likely N-dealkylation sites (tertiary alicyclic amines) is 1. The van der Waals surface area contributed by atoms with E-state index in [-0.39, 0.29) is 0 Å². The summed E-state index contributed by atoms with van der Waals surface area (Å²) in [4.78, 5) is 20.2. The second-order valence-corrected chi connectivity index (χ2v) is 8.70. The molecule has 1 aromatic rings. The van der Waals surface area contributed by atoms with Crippen LogP contribution in [0.4, 0.5) is 0 Å². The molecule has 0 N–H and O–H groups in total. The Kier molecular flexibility index (Phi) is 6.33. The third-order valence-corrected chi connectivity index (χ3v) is 6.40. The quantitative estimate of drug-likeness (QED) is 0.703. The van der Waals surface area contributed by atoms with Crippen LogP contribution in [-0.4, -0.2) is 88.9 Å². The maximum Gasteiger partial charge on any atom is 0.226 e. The first kappa shape index (κ1) is 19.9. The smallest absolute Gasteiger partial charge is 0.226 e. The van der Waals surface area contributed by atoms with Crippen LogP contribution in [0.2, 0.25) is 0 Å². The first-order valence-corrected chi connectivity index (χ1v) is 10.9.